The minimum absolute atomic E-state index is 0.0426. The summed E-state index contributed by atoms with van der Waals surface area (Å²) in [7, 11) is 0. The summed E-state index contributed by atoms with van der Waals surface area (Å²) in [6.45, 7) is -0.302. The molecule has 0 saturated carbocycles. The number of hydrogen-bond donors (Lipinski definition) is 2. The van der Waals surface area contributed by atoms with Gasteiger partial charge in [-0.05, 0) is 38.7 Å². The molecule has 10 nitrogen and oxygen atoms in total. The molecule has 1 rings (SSSR count). The van der Waals surface area contributed by atoms with Gasteiger partial charge in [-0.15, -0.1) is 0 Å². The molecule has 0 aromatic heterocycles. The van der Waals surface area contributed by atoms with Crippen LogP contribution in [0.1, 0.15) is 53.0 Å². The third-order valence-corrected chi connectivity index (χ3v) is 5.24. The first-order valence-electron chi connectivity index (χ1n) is 12.9. The molecule has 0 unspecified atom stereocenters. The van der Waals surface area contributed by atoms with Crippen molar-refractivity contribution in [3.63, 3.8) is 0 Å². The summed E-state index contributed by atoms with van der Waals surface area (Å²) in [4.78, 5) is 51.1. The summed E-state index contributed by atoms with van der Waals surface area (Å²) in [5.74, 6) is -4.34. The molecule has 0 bridgehead atoms. The van der Waals surface area contributed by atoms with E-state index in [9.17, 15) is 36.7 Å². The number of carbonyl (C=O) groups is 4. The summed E-state index contributed by atoms with van der Waals surface area (Å²) in [5, 5.41) is 4.51. The van der Waals surface area contributed by atoms with Crippen LogP contribution in [0.2, 0.25) is 0 Å². The molecule has 0 heterocycles. The van der Waals surface area contributed by atoms with Gasteiger partial charge in [-0.1, -0.05) is 44.2 Å². The highest BCUT2D eigenvalue weighted by Crippen LogP contribution is 2.17. The Morgan fingerprint density at radius 2 is 1.44 bits per heavy atom. The summed E-state index contributed by atoms with van der Waals surface area (Å²) in [6.07, 6.45) is -1.68. The van der Waals surface area contributed by atoms with Crippen LogP contribution in [-0.4, -0.2) is 67.9 Å². The molecule has 0 fully saturated rings. The van der Waals surface area contributed by atoms with Gasteiger partial charge < -0.3 is 29.6 Å². The average Bonchev–Trinajstić information content (AvgIpc) is 2.85. The molecular formula is C27H38F4N2O8. The van der Waals surface area contributed by atoms with E-state index in [4.69, 9.17) is 9.47 Å². The number of nitrogens with one attached hydrogen (secondary N) is 2. The third-order valence-electron chi connectivity index (χ3n) is 5.24. The smallest absolute Gasteiger partial charge is 0.408 e. The molecule has 0 aliphatic carbocycles. The van der Waals surface area contributed by atoms with Gasteiger partial charge >= 0.3 is 25.3 Å². The number of alkyl carbamates (subject to hydrolysis) is 1. The third kappa shape index (κ3) is 15.9. The Hall–Kier alpha value is -3.26. The van der Waals surface area contributed by atoms with Gasteiger partial charge in [-0.25, -0.2) is 4.79 Å². The Morgan fingerprint density at radius 3 is 1.98 bits per heavy atom. The lowest BCUT2D eigenvalue weighted by molar-refractivity contribution is -0.166. The van der Waals surface area contributed by atoms with Crippen molar-refractivity contribution in [1.29, 1.82) is 0 Å². The molecule has 0 spiro atoms. The minimum Gasteiger partial charge on any atom is -0.461 e. The quantitative estimate of drug-likeness (QED) is 0.203. The molecule has 3 atom stereocenters. The maximum atomic E-state index is 13.2. The van der Waals surface area contributed by atoms with E-state index in [0.29, 0.717) is 5.56 Å². The second kappa shape index (κ2) is 17.5. The molecule has 2 N–H and O–H groups in total. The van der Waals surface area contributed by atoms with Crippen LogP contribution in [0.4, 0.5) is 22.4 Å². The standard InChI is InChI=1S/C27H38F4N2O8/c1-16(2)11-19(32-22(35)20(15-40-25(30)31)33-26(37)41-27(3,4)5)21(34)12-18(14-39-24(28)29)23(36)38-13-17-9-7-6-8-10-17/h6-10,16,18-20,24-25H,11-15H2,1-5H3,(H,32,35)(H,33,37)/t18-,19-,20-/m0/s1. The Kier molecular flexibility index (Phi) is 15.3. The molecule has 41 heavy (non-hydrogen) atoms. The molecular weight excluding hydrogens is 556 g/mol. The van der Waals surface area contributed by atoms with Crippen LogP contribution < -0.4 is 10.6 Å². The van der Waals surface area contributed by atoms with Crippen molar-refractivity contribution in [2.24, 2.45) is 11.8 Å². The predicted octanol–water partition coefficient (Wildman–Crippen LogP) is 4.21. The van der Waals surface area contributed by atoms with Crippen molar-refractivity contribution in [3.05, 3.63) is 35.9 Å². The Labute approximate surface area is 236 Å². The van der Waals surface area contributed by atoms with Crippen LogP contribution >= 0.6 is 0 Å². The number of carbonyl (C=O) groups excluding carboxylic acids is 4. The van der Waals surface area contributed by atoms with E-state index >= 15 is 0 Å². The number of amides is 2. The number of esters is 1. The summed E-state index contributed by atoms with van der Waals surface area (Å²) >= 11 is 0. The van der Waals surface area contributed by atoms with Crippen molar-refractivity contribution >= 4 is 23.8 Å². The van der Waals surface area contributed by atoms with E-state index < -0.39 is 80.2 Å². The van der Waals surface area contributed by atoms with Gasteiger partial charge in [0.25, 0.3) is 0 Å². The molecule has 232 valence electrons. The molecule has 2 amide bonds. The van der Waals surface area contributed by atoms with E-state index in [1.165, 1.54) is 0 Å². The fourth-order valence-electron chi connectivity index (χ4n) is 3.45. The number of halogens is 4. The van der Waals surface area contributed by atoms with Gasteiger partial charge in [0.1, 0.15) is 18.2 Å². The number of ether oxygens (including phenoxy) is 4. The maximum Gasteiger partial charge on any atom is 0.408 e. The first-order valence-corrected chi connectivity index (χ1v) is 12.9. The number of rotatable bonds is 17. The van der Waals surface area contributed by atoms with Gasteiger partial charge in [-0.3, -0.25) is 14.4 Å². The molecule has 1 aromatic rings. The van der Waals surface area contributed by atoms with Crippen LogP contribution in [0.5, 0.6) is 0 Å². The van der Waals surface area contributed by atoms with Crippen LogP contribution in [0.25, 0.3) is 0 Å². The normalized spacial score (nSPS) is 14.0. The summed E-state index contributed by atoms with van der Waals surface area (Å²) in [5.41, 5.74) is -0.338. The molecule has 0 aliphatic heterocycles. The lowest BCUT2D eigenvalue weighted by Crippen LogP contribution is -2.54. The summed E-state index contributed by atoms with van der Waals surface area (Å²) < 4.78 is 69.6. The zero-order valence-electron chi connectivity index (χ0n) is 23.7. The fraction of sp³-hybridized carbons (Fsp3) is 0.630. The van der Waals surface area contributed by atoms with E-state index in [2.05, 4.69) is 20.1 Å². The van der Waals surface area contributed by atoms with Gasteiger partial charge in [0.15, 0.2) is 5.78 Å². The number of ketones is 1. The highest BCUT2D eigenvalue weighted by atomic mass is 19.3. The molecule has 1 aromatic carbocycles. The van der Waals surface area contributed by atoms with Crippen LogP contribution in [0, 0.1) is 11.8 Å². The van der Waals surface area contributed by atoms with Crippen molar-refractivity contribution in [3.8, 4) is 0 Å². The lowest BCUT2D eigenvalue weighted by Gasteiger charge is -2.26. The van der Waals surface area contributed by atoms with Crippen molar-refractivity contribution < 1.29 is 55.7 Å². The van der Waals surface area contributed by atoms with Crippen LogP contribution in [0.15, 0.2) is 30.3 Å². The largest absolute Gasteiger partial charge is 0.461 e. The zero-order chi connectivity index (χ0) is 31.2. The minimum atomic E-state index is -3.25. The maximum absolute atomic E-state index is 13.2. The van der Waals surface area contributed by atoms with Crippen LogP contribution in [0.3, 0.4) is 0 Å². The number of alkyl halides is 4. The number of Topliss-reactive ketones (excluding diaryl/α,β-unsaturated/α-hetero) is 1. The first-order chi connectivity index (χ1) is 19.1. The molecule has 0 radical (unpaired) electrons. The second-order valence-electron chi connectivity index (χ2n) is 10.5. The van der Waals surface area contributed by atoms with Gasteiger partial charge in [0.05, 0.1) is 25.2 Å². The van der Waals surface area contributed by atoms with Gasteiger partial charge in [0, 0.05) is 6.42 Å². The Morgan fingerprint density at radius 1 is 0.854 bits per heavy atom. The number of benzene rings is 1. The van der Waals surface area contributed by atoms with Gasteiger partial charge in [0.2, 0.25) is 5.91 Å². The van der Waals surface area contributed by atoms with Crippen molar-refractivity contribution in [2.45, 2.75) is 85.0 Å². The fourth-order valence-corrected chi connectivity index (χ4v) is 3.45. The van der Waals surface area contributed by atoms with E-state index in [1.54, 1.807) is 65.0 Å². The van der Waals surface area contributed by atoms with E-state index in [-0.39, 0.29) is 18.9 Å². The highest BCUT2D eigenvalue weighted by molar-refractivity contribution is 5.93. The van der Waals surface area contributed by atoms with Gasteiger partial charge in [-0.2, -0.15) is 17.6 Å². The molecule has 0 aliphatic rings. The first kappa shape index (κ1) is 35.8. The van der Waals surface area contributed by atoms with Crippen molar-refractivity contribution in [1.82, 2.24) is 10.6 Å². The van der Waals surface area contributed by atoms with Crippen LogP contribution in [-0.2, 0) is 39.9 Å². The van der Waals surface area contributed by atoms with E-state index in [1.807, 2.05) is 0 Å². The Balaban J connectivity index is 3.04. The average molecular weight is 595 g/mol. The SMILES string of the molecule is CC(C)C[C@H](NC(=O)[C@H](COC(F)F)NC(=O)OC(C)(C)C)C(=O)C[C@@H](COC(F)F)C(=O)OCc1ccccc1. The molecule has 14 heteroatoms. The van der Waals surface area contributed by atoms with Crippen molar-refractivity contribution in [2.75, 3.05) is 13.2 Å². The topological polar surface area (TPSA) is 129 Å². The zero-order valence-corrected chi connectivity index (χ0v) is 23.7. The Bertz CT molecular complexity index is 974. The lowest BCUT2D eigenvalue weighted by atomic mass is 9.93. The predicted molar refractivity (Wildman–Crippen MR) is 138 cm³/mol. The summed E-state index contributed by atoms with van der Waals surface area (Å²) in [6, 6.07) is 5.58. The highest BCUT2D eigenvalue weighted by Gasteiger charge is 2.33. The second-order valence-corrected chi connectivity index (χ2v) is 10.5. The number of hydrogen-bond acceptors (Lipinski definition) is 8. The molecule has 0 saturated heterocycles. The van der Waals surface area contributed by atoms with E-state index in [0.717, 1.165) is 0 Å². The monoisotopic (exact) mass is 594 g/mol.